The number of rotatable bonds is 35. The van der Waals surface area contributed by atoms with Crippen LogP contribution in [0.15, 0.2) is 60.8 Å². The number of amides is 1. The topological polar surface area (TPSA) is 119 Å². The monoisotopic (exact) mass is 699 g/mol. The minimum absolute atomic E-state index is 0.0232. The van der Waals surface area contributed by atoms with Crippen molar-refractivity contribution in [2.75, 3.05) is 6.54 Å². The molecule has 1 amide bonds. The Morgan fingerprint density at radius 2 is 1.10 bits per heavy atom. The fourth-order valence-corrected chi connectivity index (χ4v) is 5.59. The summed E-state index contributed by atoms with van der Waals surface area (Å²) in [5.41, 5.74) is 5.46. The highest BCUT2D eigenvalue weighted by Crippen LogP contribution is 2.18. The van der Waals surface area contributed by atoms with Gasteiger partial charge < -0.3 is 20.9 Å². The van der Waals surface area contributed by atoms with Gasteiger partial charge in [0.25, 0.3) is 0 Å². The molecule has 0 bridgehead atoms. The molecular weight excluding hydrogens is 624 g/mol. The fourth-order valence-electron chi connectivity index (χ4n) is 5.59. The van der Waals surface area contributed by atoms with Crippen molar-refractivity contribution in [3.63, 3.8) is 0 Å². The molecule has 286 valence electrons. The van der Waals surface area contributed by atoms with E-state index in [1.165, 1.54) is 32.1 Å². The van der Waals surface area contributed by atoms with E-state index in [0.717, 1.165) is 103 Å². The van der Waals surface area contributed by atoms with Gasteiger partial charge in [-0.1, -0.05) is 126 Å². The highest BCUT2D eigenvalue weighted by atomic mass is 16.5. The van der Waals surface area contributed by atoms with E-state index in [1.807, 2.05) is 0 Å². The molecule has 0 fully saturated rings. The number of unbranched alkanes of at least 4 members (excludes halogenated alkanes) is 11. The van der Waals surface area contributed by atoms with Crippen molar-refractivity contribution in [3.8, 4) is 0 Å². The highest BCUT2D eigenvalue weighted by molar-refractivity contribution is 5.83. The Bertz CT molecular complexity index is 968. The lowest BCUT2D eigenvalue weighted by molar-refractivity contribution is -0.150. The van der Waals surface area contributed by atoms with E-state index in [2.05, 4.69) is 79.9 Å². The maximum atomic E-state index is 12.6. The summed E-state index contributed by atoms with van der Waals surface area (Å²) in [6.07, 6.45) is 45.7. The standard InChI is InChI=1S/C43H74N2O5/c1-3-5-7-9-10-11-12-13-14-15-16-17-18-19-20-21-22-23-24-25-31-37-42(47)50-39(33-28-8-6-4-2)34-29-26-27-30-36-41(46)45-40(43(48)49)35-32-38-44/h5,7,10-11,13-14,16-17,19-20,39-40H,3-4,6,8-9,12,15,18,21-38,44H2,1-2H3,(H,45,46)(H,48,49)/b7-5-,11-10-,14-13-,17-16-,20-19-. The Morgan fingerprint density at radius 1 is 0.600 bits per heavy atom. The maximum absolute atomic E-state index is 12.6. The average molecular weight is 699 g/mol. The van der Waals surface area contributed by atoms with E-state index < -0.39 is 12.0 Å². The van der Waals surface area contributed by atoms with Crippen molar-refractivity contribution in [3.05, 3.63) is 60.8 Å². The van der Waals surface area contributed by atoms with Crippen LogP contribution in [0.3, 0.4) is 0 Å². The molecule has 0 saturated carbocycles. The van der Waals surface area contributed by atoms with E-state index in [-0.39, 0.29) is 18.0 Å². The second kappa shape index (κ2) is 37.3. The number of allylic oxidation sites excluding steroid dienone is 10. The number of ether oxygens (including phenoxy) is 1. The molecule has 7 nitrogen and oxygen atoms in total. The Labute approximate surface area is 306 Å². The van der Waals surface area contributed by atoms with Gasteiger partial charge in [0, 0.05) is 12.8 Å². The van der Waals surface area contributed by atoms with Gasteiger partial charge in [-0.25, -0.2) is 4.79 Å². The zero-order valence-electron chi connectivity index (χ0n) is 32.0. The number of hydrogen-bond acceptors (Lipinski definition) is 5. The molecule has 0 aromatic heterocycles. The predicted octanol–water partition coefficient (Wildman–Crippen LogP) is 11.0. The van der Waals surface area contributed by atoms with Crippen LogP contribution in [0.5, 0.6) is 0 Å². The summed E-state index contributed by atoms with van der Waals surface area (Å²) in [6, 6.07) is -0.866. The molecule has 0 saturated heterocycles. The van der Waals surface area contributed by atoms with Gasteiger partial charge >= 0.3 is 11.9 Å². The summed E-state index contributed by atoms with van der Waals surface area (Å²) in [5, 5.41) is 11.9. The molecule has 2 atom stereocenters. The minimum atomic E-state index is -1.01. The van der Waals surface area contributed by atoms with Gasteiger partial charge in [-0.05, 0) is 103 Å². The molecule has 2 unspecified atom stereocenters. The van der Waals surface area contributed by atoms with Crippen molar-refractivity contribution in [2.24, 2.45) is 5.73 Å². The lowest BCUT2D eigenvalue weighted by Gasteiger charge is -2.18. The summed E-state index contributed by atoms with van der Waals surface area (Å²) in [7, 11) is 0. The normalized spacial score (nSPS) is 13.3. The first-order chi connectivity index (χ1) is 24.4. The lowest BCUT2D eigenvalue weighted by atomic mass is 10.0. The van der Waals surface area contributed by atoms with E-state index in [9.17, 15) is 19.5 Å². The van der Waals surface area contributed by atoms with E-state index >= 15 is 0 Å². The Balaban J connectivity index is 4.04. The molecule has 0 rings (SSSR count). The summed E-state index contributed by atoms with van der Waals surface area (Å²) < 4.78 is 5.93. The molecule has 0 aromatic carbocycles. The number of hydrogen-bond donors (Lipinski definition) is 3. The van der Waals surface area contributed by atoms with Gasteiger partial charge in [-0.15, -0.1) is 0 Å². The molecule has 0 aliphatic carbocycles. The summed E-state index contributed by atoms with van der Waals surface area (Å²) in [6.45, 7) is 4.76. The van der Waals surface area contributed by atoms with Crippen LogP contribution in [0.1, 0.15) is 174 Å². The SMILES string of the molecule is CC/C=C\C/C=C\C/C=C\C/C=C\C/C=C\CCCCCCCC(=O)OC(CCCCCC)CCCCCCC(=O)NC(CCCN)C(=O)O. The van der Waals surface area contributed by atoms with Crippen LogP contribution in [0.2, 0.25) is 0 Å². The van der Waals surface area contributed by atoms with Crippen LogP contribution in [-0.4, -0.2) is 41.6 Å². The fraction of sp³-hybridized carbons (Fsp3) is 0.698. The Kier molecular flexibility index (Phi) is 35.1. The van der Waals surface area contributed by atoms with E-state index in [0.29, 0.717) is 32.2 Å². The number of aliphatic carboxylic acids is 1. The second-order valence-corrected chi connectivity index (χ2v) is 13.3. The van der Waals surface area contributed by atoms with Crippen LogP contribution in [-0.2, 0) is 19.1 Å². The number of nitrogens with two attached hydrogens (primary N) is 1. The number of carbonyl (C=O) groups excluding carboxylic acids is 2. The van der Waals surface area contributed by atoms with Gasteiger partial charge in [0.15, 0.2) is 0 Å². The first kappa shape index (κ1) is 47.1. The van der Waals surface area contributed by atoms with Crippen molar-refractivity contribution in [1.82, 2.24) is 5.32 Å². The summed E-state index contributed by atoms with van der Waals surface area (Å²) in [5.74, 6) is -1.30. The largest absolute Gasteiger partial charge is 0.480 e. The lowest BCUT2D eigenvalue weighted by Crippen LogP contribution is -2.40. The summed E-state index contributed by atoms with van der Waals surface area (Å²) >= 11 is 0. The van der Waals surface area contributed by atoms with Crippen LogP contribution < -0.4 is 11.1 Å². The molecule has 50 heavy (non-hydrogen) atoms. The van der Waals surface area contributed by atoms with Gasteiger partial charge in [0.05, 0.1) is 0 Å². The van der Waals surface area contributed by atoms with Gasteiger partial charge in [-0.3, -0.25) is 9.59 Å². The molecule has 0 aliphatic rings. The third-order valence-corrected chi connectivity index (χ3v) is 8.60. The maximum Gasteiger partial charge on any atom is 0.326 e. The zero-order valence-corrected chi connectivity index (χ0v) is 32.0. The average Bonchev–Trinajstić information content (AvgIpc) is 3.10. The molecule has 0 heterocycles. The van der Waals surface area contributed by atoms with Crippen LogP contribution in [0.25, 0.3) is 0 Å². The number of carbonyl (C=O) groups is 3. The Morgan fingerprint density at radius 3 is 1.66 bits per heavy atom. The van der Waals surface area contributed by atoms with Gasteiger partial charge in [0.2, 0.25) is 5.91 Å². The van der Waals surface area contributed by atoms with Crippen molar-refractivity contribution < 1.29 is 24.2 Å². The third-order valence-electron chi connectivity index (χ3n) is 8.60. The molecule has 0 aliphatic heterocycles. The van der Waals surface area contributed by atoms with Crippen LogP contribution in [0, 0.1) is 0 Å². The third kappa shape index (κ3) is 33.6. The minimum Gasteiger partial charge on any atom is -0.480 e. The quantitative estimate of drug-likeness (QED) is 0.0344. The van der Waals surface area contributed by atoms with E-state index in [1.54, 1.807) is 0 Å². The smallest absolute Gasteiger partial charge is 0.326 e. The first-order valence-electron chi connectivity index (χ1n) is 20.1. The second-order valence-electron chi connectivity index (χ2n) is 13.3. The number of esters is 1. The van der Waals surface area contributed by atoms with Gasteiger partial charge in [0.1, 0.15) is 12.1 Å². The van der Waals surface area contributed by atoms with Gasteiger partial charge in [-0.2, -0.15) is 0 Å². The Hall–Kier alpha value is -2.93. The van der Waals surface area contributed by atoms with Crippen LogP contribution in [0.4, 0.5) is 0 Å². The highest BCUT2D eigenvalue weighted by Gasteiger charge is 2.19. The number of carboxylic acid groups (broad SMARTS) is 1. The summed E-state index contributed by atoms with van der Waals surface area (Å²) in [4.78, 5) is 36.1. The molecule has 7 heteroatoms. The molecule has 0 spiro atoms. The number of nitrogens with one attached hydrogen (secondary N) is 1. The van der Waals surface area contributed by atoms with E-state index in [4.69, 9.17) is 10.5 Å². The van der Waals surface area contributed by atoms with Crippen molar-refractivity contribution >= 4 is 17.8 Å². The predicted molar refractivity (Wildman–Crippen MR) is 211 cm³/mol. The molecular formula is C43H74N2O5. The molecule has 0 radical (unpaired) electrons. The first-order valence-corrected chi connectivity index (χ1v) is 20.1. The van der Waals surface area contributed by atoms with Crippen molar-refractivity contribution in [1.29, 1.82) is 0 Å². The van der Waals surface area contributed by atoms with Crippen molar-refractivity contribution in [2.45, 2.75) is 187 Å². The zero-order chi connectivity index (χ0) is 36.8. The van der Waals surface area contributed by atoms with Crippen LogP contribution >= 0.6 is 0 Å². The number of carboxylic acids is 1. The molecule has 0 aromatic rings. The molecule has 4 N–H and O–H groups in total.